The van der Waals surface area contributed by atoms with Crippen molar-refractivity contribution in [3.8, 4) is 0 Å². The Kier molecular flexibility index (Phi) is 5.02. The van der Waals surface area contributed by atoms with Gasteiger partial charge in [-0.2, -0.15) is 0 Å². The first kappa shape index (κ1) is 14.4. The van der Waals surface area contributed by atoms with Crippen LogP contribution in [-0.2, 0) is 6.54 Å². The molecule has 1 heterocycles. The number of halogens is 1. The molecule has 0 aliphatic carbocycles. The Labute approximate surface area is 124 Å². The fourth-order valence-corrected chi connectivity index (χ4v) is 2.14. The number of hydrogen-bond donors (Lipinski definition) is 2. The molecule has 0 spiro atoms. The lowest BCUT2D eigenvalue weighted by atomic mass is 10.1. The number of hydrogen-bond acceptors (Lipinski definition) is 3. The van der Waals surface area contributed by atoms with Gasteiger partial charge in [0.05, 0.1) is 5.70 Å². The smallest absolute Gasteiger partial charge is 0.0622 e. The third-order valence-electron chi connectivity index (χ3n) is 3.01. The van der Waals surface area contributed by atoms with E-state index in [0.29, 0.717) is 6.54 Å². The van der Waals surface area contributed by atoms with E-state index in [9.17, 15) is 0 Å². The molecule has 104 valence electrons. The van der Waals surface area contributed by atoms with E-state index in [1.807, 2.05) is 49.5 Å². The molecule has 0 saturated heterocycles. The molecule has 0 aliphatic heterocycles. The number of nitrogens with zero attached hydrogens (tertiary/aromatic N) is 1. The fraction of sp³-hybridized carbons (Fsp3) is 0.188. The van der Waals surface area contributed by atoms with E-state index in [-0.39, 0.29) is 0 Å². The first-order valence-electron chi connectivity index (χ1n) is 6.58. The van der Waals surface area contributed by atoms with Gasteiger partial charge in [-0.1, -0.05) is 30.7 Å². The molecule has 4 heteroatoms. The molecule has 3 nitrogen and oxygen atoms in total. The van der Waals surface area contributed by atoms with Crippen LogP contribution in [0, 0.1) is 0 Å². The van der Waals surface area contributed by atoms with E-state index in [0.717, 1.165) is 34.0 Å². The molecule has 0 atom stereocenters. The van der Waals surface area contributed by atoms with Crippen LogP contribution < -0.4 is 11.1 Å². The monoisotopic (exact) mass is 287 g/mol. The van der Waals surface area contributed by atoms with Gasteiger partial charge in [-0.05, 0) is 36.2 Å². The number of nitrogens with one attached hydrogen (secondary N) is 1. The minimum Gasteiger partial charge on any atom is -0.400 e. The predicted octanol–water partition coefficient (Wildman–Crippen LogP) is 3.56. The Bertz CT molecular complexity index is 594. The molecule has 2 aromatic rings. The number of allylic oxidation sites excluding steroid dienone is 1. The average Bonchev–Trinajstić information content (AvgIpc) is 2.48. The van der Waals surface area contributed by atoms with Crippen LogP contribution in [0.2, 0.25) is 5.02 Å². The van der Waals surface area contributed by atoms with Crippen LogP contribution in [0.4, 0.5) is 0 Å². The van der Waals surface area contributed by atoms with E-state index < -0.39 is 0 Å². The van der Waals surface area contributed by atoms with Crippen molar-refractivity contribution in [3.63, 3.8) is 0 Å². The Morgan fingerprint density at radius 2 is 2.15 bits per heavy atom. The van der Waals surface area contributed by atoms with Crippen molar-refractivity contribution in [2.45, 2.75) is 19.9 Å². The molecule has 0 fully saturated rings. The molecule has 0 radical (unpaired) electrons. The standard InChI is InChI=1S/C16H18ClN3/c1-2-15(18)16(13-6-4-8-19-11-13)20-10-12-5-3-7-14(17)9-12/h3-9,11,20H,2,10,18H2,1H3/b16-15-. The first-order chi connectivity index (χ1) is 9.70. The molecule has 0 bridgehead atoms. The zero-order chi connectivity index (χ0) is 14.4. The summed E-state index contributed by atoms with van der Waals surface area (Å²) in [6, 6.07) is 11.7. The van der Waals surface area contributed by atoms with Gasteiger partial charge >= 0.3 is 0 Å². The molecule has 0 unspecified atom stereocenters. The van der Waals surface area contributed by atoms with Crippen LogP contribution in [0.1, 0.15) is 24.5 Å². The lowest BCUT2D eigenvalue weighted by Gasteiger charge is -2.14. The number of aromatic nitrogens is 1. The highest BCUT2D eigenvalue weighted by atomic mass is 35.5. The van der Waals surface area contributed by atoms with Gasteiger partial charge in [-0.15, -0.1) is 0 Å². The van der Waals surface area contributed by atoms with Crippen LogP contribution in [0.5, 0.6) is 0 Å². The molecule has 0 aliphatic rings. The van der Waals surface area contributed by atoms with Crippen molar-refractivity contribution in [3.05, 3.63) is 70.6 Å². The Morgan fingerprint density at radius 1 is 1.30 bits per heavy atom. The van der Waals surface area contributed by atoms with Gasteiger partial charge in [-0.25, -0.2) is 0 Å². The SMILES string of the molecule is CC/C(N)=C(/NCc1cccc(Cl)c1)c1cccnc1. The largest absolute Gasteiger partial charge is 0.400 e. The van der Waals surface area contributed by atoms with E-state index >= 15 is 0 Å². The maximum atomic E-state index is 6.11. The topological polar surface area (TPSA) is 50.9 Å². The van der Waals surface area contributed by atoms with Gasteiger partial charge in [0, 0.05) is 35.2 Å². The highest BCUT2D eigenvalue weighted by Crippen LogP contribution is 2.16. The maximum Gasteiger partial charge on any atom is 0.0622 e. The quantitative estimate of drug-likeness (QED) is 0.884. The zero-order valence-corrected chi connectivity index (χ0v) is 12.2. The van der Waals surface area contributed by atoms with E-state index in [4.69, 9.17) is 17.3 Å². The number of benzene rings is 1. The maximum absolute atomic E-state index is 6.11. The minimum atomic E-state index is 0.672. The van der Waals surface area contributed by atoms with Crippen molar-refractivity contribution >= 4 is 17.3 Å². The second kappa shape index (κ2) is 6.96. The fourth-order valence-electron chi connectivity index (χ4n) is 1.93. The van der Waals surface area contributed by atoms with Gasteiger partial charge in [0.1, 0.15) is 0 Å². The molecule has 0 saturated carbocycles. The van der Waals surface area contributed by atoms with E-state index in [1.165, 1.54) is 0 Å². The van der Waals surface area contributed by atoms with Crippen molar-refractivity contribution < 1.29 is 0 Å². The summed E-state index contributed by atoms with van der Waals surface area (Å²) in [6.07, 6.45) is 4.34. The van der Waals surface area contributed by atoms with Crippen LogP contribution in [0.15, 0.2) is 54.5 Å². The lowest BCUT2D eigenvalue weighted by molar-refractivity contribution is 0.868. The van der Waals surface area contributed by atoms with Crippen LogP contribution in [0.25, 0.3) is 5.70 Å². The first-order valence-corrected chi connectivity index (χ1v) is 6.96. The van der Waals surface area contributed by atoms with Crippen LogP contribution in [0.3, 0.4) is 0 Å². The van der Waals surface area contributed by atoms with Gasteiger partial charge in [-0.3, -0.25) is 4.98 Å². The van der Waals surface area contributed by atoms with E-state index in [1.54, 1.807) is 6.20 Å². The normalized spacial score (nSPS) is 11.9. The Balaban J connectivity index is 2.18. The third-order valence-corrected chi connectivity index (χ3v) is 3.25. The van der Waals surface area contributed by atoms with Gasteiger partial charge in [0.15, 0.2) is 0 Å². The molecule has 2 rings (SSSR count). The van der Waals surface area contributed by atoms with E-state index in [2.05, 4.69) is 10.3 Å². The lowest BCUT2D eigenvalue weighted by Crippen LogP contribution is -2.17. The van der Waals surface area contributed by atoms with Crippen molar-refractivity contribution in [2.24, 2.45) is 5.73 Å². The Morgan fingerprint density at radius 3 is 2.80 bits per heavy atom. The predicted molar refractivity (Wildman–Crippen MR) is 83.9 cm³/mol. The summed E-state index contributed by atoms with van der Waals surface area (Å²) < 4.78 is 0. The second-order valence-corrected chi connectivity index (χ2v) is 4.92. The summed E-state index contributed by atoms with van der Waals surface area (Å²) in [7, 11) is 0. The minimum absolute atomic E-state index is 0.672. The molecular weight excluding hydrogens is 270 g/mol. The summed E-state index contributed by atoms with van der Waals surface area (Å²) in [5.74, 6) is 0. The molecule has 0 amide bonds. The molecule has 1 aromatic heterocycles. The highest BCUT2D eigenvalue weighted by molar-refractivity contribution is 6.30. The summed E-state index contributed by atoms with van der Waals surface area (Å²) in [5.41, 5.74) is 9.97. The van der Waals surface area contributed by atoms with Gasteiger partial charge in [0.2, 0.25) is 0 Å². The molecular formula is C16H18ClN3. The molecule has 1 aromatic carbocycles. The molecule has 3 N–H and O–H groups in total. The number of pyridine rings is 1. The highest BCUT2D eigenvalue weighted by Gasteiger charge is 2.06. The van der Waals surface area contributed by atoms with Crippen LogP contribution >= 0.6 is 11.6 Å². The summed E-state index contributed by atoms with van der Waals surface area (Å²) in [5, 5.41) is 4.12. The van der Waals surface area contributed by atoms with Crippen molar-refractivity contribution in [1.29, 1.82) is 0 Å². The van der Waals surface area contributed by atoms with Gasteiger partial charge in [0.25, 0.3) is 0 Å². The van der Waals surface area contributed by atoms with Crippen molar-refractivity contribution in [2.75, 3.05) is 0 Å². The third kappa shape index (κ3) is 3.75. The second-order valence-electron chi connectivity index (χ2n) is 4.48. The number of nitrogens with two attached hydrogens (primary N) is 1. The summed E-state index contributed by atoms with van der Waals surface area (Å²) in [6.45, 7) is 2.71. The van der Waals surface area contributed by atoms with Gasteiger partial charge < -0.3 is 11.1 Å². The van der Waals surface area contributed by atoms with Crippen LogP contribution in [-0.4, -0.2) is 4.98 Å². The average molecular weight is 288 g/mol. The summed E-state index contributed by atoms with van der Waals surface area (Å²) >= 11 is 5.99. The molecule has 20 heavy (non-hydrogen) atoms. The van der Waals surface area contributed by atoms with Crippen molar-refractivity contribution in [1.82, 2.24) is 10.3 Å². The summed E-state index contributed by atoms with van der Waals surface area (Å²) in [4.78, 5) is 4.14. The Hall–Kier alpha value is -2.00. The number of rotatable bonds is 5. The zero-order valence-electron chi connectivity index (χ0n) is 11.4.